The largest absolute Gasteiger partial charge is 0.481 e. The van der Waals surface area contributed by atoms with Crippen LogP contribution in [0.5, 0.6) is 0 Å². The molecule has 1 atom stereocenters. The summed E-state index contributed by atoms with van der Waals surface area (Å²) in [4.78, 5) is 37.2. The summed E-state index contributed by atoms with van der Waals surface area (Å²) >= 11 is 0. The summed E-state index contributed by atoms with van der Waals surface area (Å²) in [5, 5.41) is 11.2. The molecule has 0 aliphatic carbocycles. The number of carbonyl (C=O) groups is 3. The Morgan fingerprint density at radius 3 is 2.10 bits per heavy atom. The standard InChI is InChI=1S/C13H25N3O4/c1-9(2)16(8-6-7-11(17)18)13(20)14-10(3)12(19)15(4)5/h9-10H,6-8H2,1-5H3,(H,14,20)(H,17,18). The number of carboxylic acid groups (broad SMARTS) is 1. The number of rotatable bonds is 7. The average Bonchev–Trinajstić information content (AvgIpc) is 2.32. The highest BCUT2D eigenvalue weighted by molar-refractivity contribution is 5.86. The van der Waals surface area contributed by atoms with Crippen molar-refractivity contribution < 1.29 is 19.5 Å². The Morgan fingerprint density at radius 1 is 1.15 bits per heavy atom. The number of carboxylic acids is 1. The van der Waals surface area contributed by atoms with E-state index in [2.05, 4.69) is 5.32 Å². The maximum atomic E-state index is 12.1. The van der Waals surface area contributed by atoms with Gasteiger partial charge in [0.2, 0.25) is 5.91 Å². The lowest BCUT2D eigenvalue weighted by atomic mass is 10.2. The van der Waals surface area contributed by atoms with Crippen LogP contribution in [-0.2, 0) is 9.59 Å². The van der Waals surface area contributed by atoms with E-state index < -0.39 is 12.0 Å². The zero-order valence-corrected chi connectivity index (χ0v) is 12.8. The maximum Gasteiger partial charge on any atom is 0.318 e. The predicted molar refractivity (Wildman–Crippen MR) is 75.4 cm³/mol. The molecule has 1 unspecified atom stereocenters. The van der Waals surface area contributed by atoms with E-state index >= 15 is 0 Å². The third kappa shape index (κ3) is 6.40. The molecule has 0 radical (unpaired) electrons. The quantitative estimate of drug-likeness (QED) is 0.723. The second-order valence-corrected chi connectivity index (χ2v) is 5.19. The highest BCUT2D eigenvalue weighted by Crippen LogP contribution is 2.03. The number of aliphatic carboxylic acids is 1. The average molecular weight is 287 g/mol. The van der Waals surface area contributed by atoms with Crippen molar-refractivity contribution in [2.24, 2.45) is 0 Å². The number of likely N-dealkylation sites (N-methyl/N-ethyl adjacent to an activating group) is 1. The molecule has 0 fully saturated rings. The lowest BCUT2D eigenvalue weighted by Crippen LogP contribution is -2.51. The maximum absolute atomic E-state index is 12.1. The van der Waals surface area contributed by atoms with Crippen molar-refractivity contribution in [3.05, 3.63) is 0 Å². The van der Waals surface area contributed by atoms with Crippen LogP contribution in [0.2, 0.25) is 0 Å². The van der Waals surface area contributed by atoms with Crippen LogP contribution in [0.1, 0.15) is 33.6 Å². The van der Waals surface area contributed by atoms with Crippen molar-refractivity contribution in [1.82, 2.24) is 15.1 Å². The second kappa shape index (κ2) is 8.39. The summed E-state index contributed by atoms with van der Waals surface area (Å²) in [6.45, 7) is 5.66. The van der Waals surface area contributed by atoms with Gasteiger partial charge >= 0.3 is 12.0 Å². The number of hydrogen-bond acceptors (Lipinski definition) is 3. The molecule has 2 N–H and O–H groups in total. The van der Waals surface area contributed by atoms with Crippen molar-refractivity contribution in [1.29, 1.82) is 0 Å². The van der Waals surface area contributed by atoms with Crippen LogP contribution in [0.25, 0.3) is 0 Å². The molecule has 7 heteroatoms. The van der Waals surface area contributed by atoms with Crippen molar-refractivity contribution in [3.8, 4) is 0 Å². The Labute approximate surface area is 119 Å². The minimum absolute atomic E-state index is 0.0165. The minimum Gasteiger partial charge on any atom is -0.481 e. The molecule has 0 aliphatic heterocycles. The molecule has 0 aromatic carbocycles. The van der Waals surface area contributed by atoms with E-state index in [1.54, 1.807) is 21.0 Å². The van der Waals surface area contributed by atoms with Crippen molar-refractivity contribution in [2.45, 2.75) is 45.7 Å². The Hall–Kier alpha value is -1.79. The normalized spacial score (nSPS) is 11.9. The lowest BCUT2D eigenvalue weighted by Gasteiger charge is -2.28. The van der Waals surface area contributed by atoms with E-state index in [4.69, 9.17) is 5.11 Å². The minimum atomic E-state index is -0.884. The third-order valence-electron chi connectivity index (χ3n) is 2.83. The van der Waals surface area contributed by atoms with Crippen LogP contribution in [-0.4, -0.2) is 65.5 Å². The molecule has 0 heterocycles. The van der Waals surface area contributed by atoms with Gasteiger partial charge in [-0.1, -0.05) is 0 Å². The van der Waals surface area contributed by atoms with E-state index in [1.165, 1.54) is 9.80 Å². The highest BCUT2D eigenvalue weighted by atomic mass is 16.4. The summed E-state index contributed by atoms with van der Waals surface area (Å²) < 4.78 is 0. The Balaban J connectivity index is 4.50. The molecule has 0 aromatic rings. The molecule has 116 valence electrons. The van der Waals surface area contributed by atoms with E-state index in [0.717, 1.165) is 0 Å². The van der Waals surface area contributed by atoms with Gasteiger partial charge in [-0.3, -0.25) is 9.59 Å². The molecule has 0 aromatic heterocycles. The molecule has 0 bridgehead atoms. The second-order valence-electron chi connectivity index (χ2n) is 5.19. The molecular weight excluding hydrogens is 262 g/mol. The molecule has 0 aliphatic rings. The van der Waals surface area contributed by atoms with Crippen LogP contribution < -0.4 is 5.32 Å². The molecule has 0 spiro atoms. The number of hydrogen-bond donors (Lipinski definition) is 2. The van der Waals surface area contributed by atoms with Crippen molar-refractivity contribution in [3.63, 3.8) is 0 Å². The molecule has 0 saturated carbocycles. The molecule has 0 saturated heterocycles. The van der Waals surface area contributed by atoms with E-state index in [0.29, 0.717) is 13.0 Å². The lowest BCUT2D eigenvalue weighted by molar-refractivity contribution is -0.137. The topological polar surface area (TPSA) is 90.0 Å². The number of nitrogens with one attached hydrogen (secondary N) is 1. The summed E-state index contributed by atoms with van der Waals surface area (Å²) in [6.07, 6.45) is 0.402. The number of urea groups is 1. The Morgan fingerprint density at radius 2 is 1.70 bits per heavy atom. The van der Waals surface area contributed by atoms with Gasteiger partial charge in [0.25, 0.3) is 0 Å². The highest BCUT2D eigenvalue weighted by Gasteiger charge is 2.22. The smallest absolute Gasteiger partial charge is 0.318 e. The van der Waals surface area contributed by atoms with Gasteiger partial charge in [-0.15, -0.1) is 0 Å². The van der Waals surface area contributed by atoms with Crippen LogP contribution in [0.3, 0.4) is 0 Å². The van der Waals surface area contributed by atoms with Gasteiger partial charge in [-0.05, 0) is 27.2 Å². The van der Waals surface area contributed by atoms with E-state index in [1.807, 2.05) is 13.8 Å². The van der Waals surface area contributed by atoms with Crippen LogP contribution >= 0.6 is 0 Å². The fraction of sp³-hybridized carbons (Fsp3) is 0.769. The number of nitrogens with zero attached hydrogens (tertiary/aromatic N) is 2. The van der Waals surface area contributed by atoms with Crippen LogP contribution in [0, 0.1) is 0 Å². The zero-order valence-electron chi connectivity index (χ0n) is 12.8. The molecule has 0 rings (SSSR count). The fourth-order valence-corrected chi connectivity index (χ4v) is 1.71. The fourth-order valence-electron chi connectivity index (χ4n) is 1.71. The summed E-state index contributed by atoms with van der Waals surface area (Å²) in [6, 6.07) is -1.03. The summed E-state index contributed by atoms with van der Waals surface area (Å²) in [5.41, 5.74) is 0. The Bertz CT molecular complexity index is 356. The number of carbonyl (C=O) groups excluding carboxylic acids is 2. The molecular formula is C13H25N3O4. The van der Waals surface area contributed by atoms with E-state index in [9.17, 15) is 14.4 Å². The van der Waals surface area contributed by atoms with Gasteiger partial charge in [0.15, 0.2) is 0 Å². The first-order valence-corrected chi connectivity index (χ1v) is 6.67. The predicted octanol–water partition coefficient (Wildman–Crippen LogP) is 0.748. The first kappa shape index (κ1) is 18.2. The van der Waals surface area contributed by atoms with Gasteiger partial charge in [0, 0.05) is 33.1 Å². The van der Waals surface area contributed by atoms with Gasteiger partial charge in [0.05, 0.1) is 0 Å². The van der Waals surface area contributed by atoms with Crippen molar-refractivity contribution in [2.75, 3.05) is 20.6 Å². The molecule has 7 nitrogen and oxygen atoms in total. The molecule has 20 heavy (non-hydrogen) atoms. The first-order valence-electron chi connectivity index (χ1n) is 6.67. The van der Waals surface area contributed by atoms with Gasteiger partial charge in [-0.2, -0.15) is 0 Å². The first-order chi connectivity index (χ1) is 9.16. The third-order valence-corrected chi connectivity index (χ3v) is 2.83. The summed E-state index contributed by atoms with van der Waals surface area (Å²) in [7, 11) is 3.25. The Kier molecular flexibility index (Phi) is 7.64. The van der Waals surface area contributed by atoms with Gasteiger partial charge in [0.1, 0.15) is 6.04 Å². The van der Waals surface area contributed by atoms with Crippen molar-refractivity contribution >= 4 is 17.9 Å². The van der Waals surface area contributed by atoms with Gasteiger partial charge < -0.3 is 20.2 Å². The van der Waals surface area contributed by atoms with Crippen LogP contribution in [0.4, 0.5) is 4.79 Å². The number of amides is 3. The summed E-state index contributed by atoms with van der Waals surface area (Å²) in [5.74, 6) is -1.07. The zero-order chi connectivity index (χ0) is 15.9. The molecule has 3 amide bonds. The monoisotopic (exact) mass is 287 g/mol. The van der Waals surface area contributed by atoms with Crippen LogP contribution in [0.15, 0.2) is 0 Å². The van der Waals surface area contributed by atoms with Gasteiger partial charge in [-0.25, -0.2) is 4.79 Å². The van der Waals surface area contributed by atoms with E-state index in [-0.39, 0.29) is 24.4 Å². The SMILES string of the molecule is CC(NC(=O)N(CCCC(=O)O)C(C)C)C(=O)N(C)C.